The second-order valence-corrected chi connectivity index (χ2v) is 8.27. The Morgan fingerprint density at radius 2 is 1.94 bits per heavy atom. The Morgan fingerprint density at radius 1 is 1.15 bits per heavy atom. The molecule has 1 aliphatic heterocycles. The summed E-state index contributed by atoms with van der Waals surface area (Å²) in [5.74, 6) is 0.734. The minimum absolute atomic E-state index is 0.0431. The second-order valence-electron chi connectivity index (χ2n) is 8.27. The number of likely N-dealkylation sites (tertiary alicyclic amines) is 1. The van der Waals surface area contributed by atoms with Crippen molar-refractivity contribution in [3.8, 4) is 0 Å². The van der Waals surface area contributed by atoms with Gasteiger partial charge in [0.15, 0.2) is 11.5 Å². The molecule has 10 heteroatoms. The molecule has 1 amide bonds. The van der Waals surface area contributed by atoms with E-state index in [4.69, 9.17) is 0 Å². The molecule has 3 aromatic heterocycles. The number of hydrogen-bond donors (Lipinski definition) is 0. The molecule has 168 valence electrons. The van der Waals surface area contributed by atoms with Gasteiger partial charge in [0.25, 0.3) is 5.91 Å². The predicted molar refractivity (Wildman–Crippen MR) is 120 cm³/mol. The van der Waals surface area contributed by atoms with Crippen molar-refractivity contribution in [2.45, 2.75) is 39.3 Å². The van der Waals surface area contributed by atoms with E-state index in [2.05, 4.69) is 15.3 Å². The molecule has 1 fully saturated rings. The fourth-order valence-corrected chi connectivity index (χ4v) is 4.56. The number of carbonyl (C=O) groups excluding carboxylic acids is 1. The number of rotatable bonds is 5. The Morgan fingerprint density at radius 3 is 2.67 bits per heavy atom. The van der Waals surface area contributed by atoms with E-state index in [0.717, 1.165) is 29.9 Å². The molecule has 0 saturated carbocycles. The lowest BCUT2D eigenvalue weighted by Crippen LogP contribution is -2.31. The first-order valence-corrected chi connectivity index (χ1v) is 10.8. The molecule has 1 saturated heterocycles. The molecular formula is C23H23N7O3. The summed E-state index contributed by atoms with van der Waals surface area (Å²) in [6.07, 6.45) is 3.67. The number of fused-ring (bicyclic) bond motifs is 1. The van der Waals surface area contributed by atoms with E-state index in [9.17, 15) is 14.9 Å². The van der Waals surface area contributed by atoms with Crippen molar-refractivity contribution in [1.82, 2.24) is 29.3 Å². The van der Waals surface area contributed by atoms with Gasteiger partial charge in [0, 0.05) is 18.3 Å². The number of aryl methyl sites for hydroxylation is 1. The molecule has 10 nitrogen and oxygen atoms in total. The lowest BCUT2D eigenvalue weighted by atomic mass is 10.1. The van der Waals surface area contributed by atoms with Gasteiger partial charge < -0.3 is 4.90 Å². The molecule has 4 aromatic rings. The fourth-order valence-electron chi connectivity index (χ4n) is 4.56. The van der Waals surface area contributed by atoms with Crippen LogP contribution in [0.4, 0.5) is 5.69 Å². The highest BCUT2D eigenvalue weighted by Crippen LogP contribution is 2.32. The first-order valence-electron chi connectivity index (χ1n) is 10.8. The molecule has 5 rings (SSSR count). The van der Waals surface area contributed by atoms with E-state index in [-0.39, 0.29) is 17.6 Å². The monoisotopic (exact) mass is 445 g/mol. The summed E-state index contributed by atoms with van der Waals surface area (Å²) >= 11 is 0. The van der Waals surface area contributed by atoms with E-state index in [1.807, 2.05) is 45.8 Å². The van der Waals surface area contributed by atoms with Crippen LogP contribution in [-0.2, 0) is 6.54 Å². The van der Waals surface area contributed by atoms with E-state index in [0.29, 0.717) is 30.0 Å². The molecule has 4 heterocycles. The van der Waals surface area contributed by atoms with E-state index >= 15 is 0 Å². The van der Waals surface area contributed by atoms with Gasteiger partial charge in [0.05, 0.1) is 17.5 Å². The Balaban J connectivity index is 1.35. The van der Waals surface area contributed by atoms with Crippen molar-refractivity contribution in [2.24, 2.45) is 0 Å². The van der Waals surface area contributed by atoms with Crippen LogP contribution in [0.2, 0.25) is 0 Å². The summed E-state index contributed by atoms with van der Waals surface area (Å²) in [7, 11) is 0. The van der Waals surface area contributed by atoms with Gasteiger partial charge in [0.2, 0.25) is 0 Å². The first kappa shape index (κ1) is 20.8. The van der Waals surface area contributed by atoms with E-state index < -0.39 is 4.92 Å². The Labute approximate surface area is 189 Å². The van der Waals surface area contributed by atoms with Gasteiger partial charge in [-0.2, -0.15) is 5.10 Å². The fraction of sp³-hybridized carbons (Fsp3) is 0.304. The molecule has 1 atom stereocenters. The lowest BCUT2D eigenvalue weighted by Gasteiger charge is -2.23. The zero-order valence-electron chi connectivity index (χ0n) is 18.4. The summed E-state index contributed by atoms with van der Waals surface area (Å²) < 4.78 is 3.56. The van der Waals surface area contributed by atoms with Gasteiger partial charge in [-0.3, -0.25) is 24.0 Å². The minimum atomic E-state index is -0.402. The van der Waals surface area contributed by atoms with Gasteiger partial charge in [-0.15, -0.1) is 10.2 Å². The predicted octanol–water partition coefficient (Wildman–Crippen LogP) is 3.48. The number of nitrogens with zero attached hydrogens (tertiary/aromatic N) is 7. The van der Waals surface area contributed by atoms with Crippen molar-refractivity contribution in [2.75, 3.05) is 6.54 Å². The minimum Gasteiger partial charge on any atom is -0.328 e. The van der Waals surface area contributed by atoms with Crippen LogP contribution in [0.3, 0.4) is 0 Å². The molecule has 33 heavy (non-hydrogen) atoms. The first-order chi connectivity index (χ1) is 15.9. The van der Waals surface area contributed by atoms with Crippen molar-refractivity contribution in [1.29, 1.82) is 0 Å². The maximum atomic E-state index is 13.3. The molecule has 0 spiro atoms. The normalized spacial score (nSPS) is 15.9. The average molecular weight is 445 g/mol. The van der Waals surface area contributed by atoms with Crippen LogP contribution < -0.4 is 0 Å². The summed E-state index contributed by atoms with van der Waals surface area (Å²) in [4.78, 5) is 26.0. The summed E-state index contributed by atoms with van der Waals surface area (Å²) in [6, 6.07) is 13.0. The van der Waals surface area contributed by atoms with E-state index in [1.54, 1.807) is 30.7 Å². The molecule has 1 aliphatic rings. The smallest absolute Gasteiger partial charge is 0.312 e. The van der Waals surface area contributed by atoms with Crippen molar-refractivity contribution in [3.63, 3.8) is 0 Å². The zero-order valence-corrected chi connectivity index (χ0v) is 18.4. The lowest BCUT2D eigenvalue weighted by molar-refractivity contribution is -0.386. The third-order valence-corrected chi connectivity index (χ3v) is 6.21. The molecule has 0 N–H and O–H groups in total. The number of amides is 1. The summed E-state index contributed by atoms with van der Waals surface area (Å²) in [6.45, 7) is 4.39. The number of pyridine rings is 1. The maximum absolute atomic E-state index is 13.3. The molecular weight excluding hydrogens is 422 g/mol. The van der Waals surface area contributed by atoms with Gasteiger partial charge >= 0.3 is 5.69 Å². The van der Waals surface area contributed by atoms with Gasteiger partial charge in [0.1, 0.15) is 11.4 Å². The number of nitro groups is 1. The highest BCUT2D eigenvalue weighted by Gasteiger charge is 2.33. The molecule has 0 bridgehead atoms. The average Bonchev–Trinajstić information content (AvgIpc) is 3.51. The molecule has 0 aliphatic carbocycles. The largest absolute Gasteiger partial charge is 0.328 e. The zero-order chi connectivity index (χ0) is 23.1. The Kier molecular flexibility index (Phi) is 5.12. The van der Waals surface area contributed by atoms with Crippen molar-refractivity contribution in [3.05, 3.63) is 87.1 Å². The van der Waals surface area contributed by atoms with Crippen LogP contribution in [0, 0.1) is 24.0 Å². The molecule has 1 aromatic carbocycles. The standard InChI is InChI=1S/C23H23N7O3/c1-15-21(30(32)33)16(2)29(26-15)14-17-8-10-18(11-9-17)23(31)27-13-5-6-19(27)22-25-24-20-7-3-4-12-28(20)22/h3-4,7-12,19H,5-6,13-14H2,1-2H3. The van der Waals surface area contributed by atoms with Crippen LogP contribution in [-0.4, -0.2) is 46.7 Å². The molecule has 0 radical (unpaired) electrons. The van der Waals surface area contributed by atoms with Gasteiger partial charge in [-0.25, -0.2) is 0 Å². The second kappa shape index (κ2) is 8.12. The third-order valence-electron chi connectivity index (χ3n) is 6.21. The van der Waals surface area contributed by atoms with Gasteiger partial charge in [-0.05, 0) is 56.5 Å². The highest BCUT2D eigenvalue weighted by atomic mass is 16.6. The third kappa shape index (κ3) is 3.63. The van der Waals surface area contributed by atoms with Crippen LogP contribution in [0.25, 0.3) is 5.65 Å². The number of aromatic nitrogens is 5. The van der Waals surface area contributed by atoms with Crippen LogP contribution >= 0.6 is 0 Å². The summed E-state index contributed by atoms with van der Waals surface area (Å²) in [5, 5.41) is 24.1. The van der Waals surface area contributed by atoms with Crippen molar-refractivity contribution >= 4 is 17.2 Å². The van der Waals surface area contributed by atoms with Crippen molar-refractivity contribution < 1.29 is 9.72 Å². The Hall–Kier alpha value is -4.08. The number of carbonyl (C=O) groups is 1. The Bertz CT molecular complexity index is 1360. The number of hydrogen-bond acceptors (Lipinski definition) is 6. The van der Waals surface area contributed by atoms with Crippen LogP contribution in [0.15, 0.2) is 48.7 Å². The quantitative estimate of drug-likeness (QED) is 0.343. The van der Waals surface area contributed by atoms with E-state index in [1.165, 1.54) is 0 Å². The SMILES string of the molecule is Cc1nn(Cc2ccc(C(=O)N3CCCC3c3nnc4ccccn34)cc2)c(C)c1[N+](=O)[O-]. The van der Waals surface area contributed by atoms with Crippen LogP contribution in [0.1, 0.15) is 52.0 Å². The topological polar surface area (TPSA) is 111 Å². The summed E-state index contributed by atoms with van der Waals surface area (Å²) in [5.41, 5.74) is 3.22. The highest BCUT2D eigenvalue weighted by molar-refractivity contribution is 5.94. The van der Waals surface area contributed by atoms with Gasteiger partial charge in [-0.1, -0.05) is 18.2 Å². The van der Waals surface area contributed by atoms with Crippen LogP contribution in [0.5, 0.6) is 0 Å². The molecule has 1 unspecified atom stereocenters. The maximum Gasteiger partial charge on any atom is 0.312 e. The number of benzene rings is 1.